The molecule has 2 amide bonds. The minimum absolute atomic E-state index is 0.183. The molecule has 0 saturated carbocycles. The number of methoxy groups -OCH3 is 1. The largest absolute Gasteiger partial charge is 0.389 e. The smallest absolute Gasteiger partial charge is 0.321 e. The van der Waals surface area contributed by atoms with E-state index in [-0.39, 0.29) is 19.2 Å². The summed E-state index contributed by atoms with van der Waals surface area (Å²) in [5, 5.41) is 12.7. The lowest BCUT2D eigenvalue weighted by molar-refractivity contribution is 0.0501. The van der Waals surface area contributed by atoms with Crippen molar-refractivity contribution in [2.45, 2.75) is 13.0 Å². The van der Waals surface area contributed by atoms with E-state index in [2.05, 4.69) is 5.32 Å². The fourth-order valence-corrected chi connectivity index (χ4v) is 1.86. The minimum atomic E-state index is -0.714. The number of nitrogens with one attached hydrogen (secondary N) is 1. The number of aliphatic hydroxyl groups is 1. The Labute approximate surface area is 118 Å². The number of rotatable bonds is 5. The summed E-state index contributed by atoms with van der Waals surface area (Å²) in [4.78, 5) is 13.3. The van der Waals surface area contributed by atoms with Gasteiger partial charge in [-0.05, 0) is 24.6 Å². The summed E-state index contributed by atoms with van der Waals surface area (Å²) in [5.74, 6) is 0. The number of urea groups is 1. The van der Waals surface area contributed by atoms with Crippen LogP contribution in [0.1, 0.15) is 5.56 Å². The number of benzene rings is 1. The van der Waals surface area contributed by atoms with Crippen LogP contribution in [0.2, 0.25) is 5.02 Å². The highest BCUT2D eigenvalue weighted by Crippen LogP contribution is 2.22. The second-order valence-corrected chi connectivity index (χ2v) is 4.81. The number of likely N-dealkylation sites (N-methyl/N-ethyl adjacent to an activating group) is 1. The topological polar surface area (TPSA) is 61.8 Å². The molecule has 0 spiro atoms. The van der Waals surface area contributed by atoms with Gasteiger partial charge in [-0.3, -0.25) is 0 Å². The molecule has 1 aromatic rings. The van der Waals surface area contributed by atoms with Crippen LogP contribution in [0.3, 0.4) is 0 Å². The number of halogens is 1. The molecule has 106 valence electrons. The average Bonchev–Trinajstić information content (AvgIpc) is 2.32. The van der Waals surface area contributed by atoms with Gasteiger partial charge in [0.05, 0.1) is 30.0 Å². The van der Waals surface area contributed by atoms with Gasteiger partial charge in [0, 0.05) is 14.2 Å². The highest BCUT2D eigenvalue weighted by Gasteiger charge is 2.14. The average molecular weight is 287 g/mol. The normalized spacial score (nSPS) is 12.1. The molecular formula is C13H19ClN2O3. The number of aliphatic hydroxyl groups excluding tert-OH is 1. The molecule has 1 rings (SSSR count). The van der Waals surface area contributed by atoms with Gasteiger partial charge in [-0.1, -0.05) is 17.7 Å². The molecule has 0 aliphatic carbocycles. The maximum atomic E-state index is 11.9. The summed E-state index contributed by atoms with van der Waals surface area (Å²) in [6.45, 7) is 2.29. The molecule has 1 unspecified atom stereocenters. The van der Waals surface area contributed by atoms with E-state index in [1.807, 2.05) is 13.0 Å². The zero-order valence-electron chi connectivity index (χ0n) is 11.3. The Morgan fingerprint density at radius 1 is 1.58 bits per heavy atom. The van der Waals surface area contributed by atoms with Gasteiger partial charge < -0.3 is 20.1 Å². The Balaban J connectivity index is 2.58. The van der Waals surface area contributed by atoms with Gasteiger partial charge in [-0.15, -0.1) is 0 Å². The van der Waals surface area contributed by atoms with Crippen LogP contribution in [-0.2, 0) is 4.74 Å². The first kappa shape index (κ1) is 15.8. The number of hydrogen-bond donors (Lipinski definition) is 2. The molecule has 1 aromatic carbocycles. The second kappa shape index (κ2) is 7.33. The number of carbonyl (C=O) groups excluding carboxylic acids is 1. The van der Waals surface area contributed by atoms with Crippen molar-refractivity contribution in [1.82, 2.24) is 4.90 Å². The molecule has 0 radical (unpaired) electrons. The van der Waals surface area contributed by atoms with Gasteiger partial charge in [0.25, 0.3) is 0 Å². The van der Waals surface area contributed by atoms with Gasteiger partial charge in [-0.2, -0.15) is 0 Å². The first-order valence-corrected chi connectivity index (χ1v) is 6.27. The van der Waals surface area contributed by atoms with Crippen molar-refractivity contribution in [3.05, 3.63) is 28.8 Å². The predicted octanol–water partition coefficient (Wildman–Crippen LogP) is 2.12. The fraction of sp³-hybridized carbons (Fsp3) is 0.462. The summed E-state index contributed by atoms with van der Waals surface area (Å²) in [6, 6.07) is 5.05. The molecule has 0 aliphatic heterocycles. The van der Waals surface area contributed by atoms with Crippen molar-refractivity contribution in [3.63, 3.8) is 0 Å². The van der Waals surface area contributed by atoms with Crippen LogP contribution < -0.4 is 5.32 Å². The molecule has 0 aromatic heterocycles. The summed E-state index contributed by atoms with van der Waals surface area (Å²) in [7, 11) is 3.09. The Morgan fingerprint density at radius 3 is 2.84 bits per heavy atom. The van der Waals surface area contributed by atoms with E-state index in [4.69, 9.17) is 16.3 Å². The van der Waals surface area contributed by atoms with Gasteiger partial charge in [0.2, 0.25) is 0 Å². The predicted molar refractivity (Wildman–Crippen MR) is 75.7 cm³/mol. The second-order valence-electron chi connectivity index (χ2n) is 4.40. The number of ether oxygens (including phenoxy) is 1. The third-order valence-corrected chi connectivity index (χ3v) is 2.87. The van der Waals surface area contributed by atoms with Crippen LogP contribution in [-0.4, -0.2) is 49.5 Å². The highest BCUT2D eigenvalue weighted by atomic mass is 35.5. The van der Waals surface area contributed by atoms with E-state index in [0.717, 1.165) is 5.56 Å². The maximum Gasteiger partial charge on any atom is 0.321 e. The van der Waals surface area contributed by atoms with Crippen molar-refractivity contribution in [1.29, 1.82) is 0 Å². The Morgan fingerprint density at radius 2 is 2.26 bits per heavy atom. The van der Waals surface area contributed by atoms with Crippen molar-refractivity contribution in [2.24, 2.45) is 0 Å². The van der Waals surface area contributed by atoms with Crippen LogP contribution in [0, 0.1) is 6.92 Å². The van der Waals surface area contributed by atoms with Crippen LogP contribution in [0.25, 0.3) is 0 Å². The molecule has 0 bridgehead atoms. The molecular weight excluding hydrogens is 268 g/mol. The SMILES string of the molecule is COCC(O)CN(C)C(=O)Nc1ccc(C)cc1Cl. The van der Waals surface area contributed by atoms with Crippen LogP contribution in [0.5, 0.6) is 0 Å². The van der Waals surface area contributed by atoms with Gasteiger partial charge in [0.15, 0.2) is 0 Å². The molecule has 2 N–H and O–H groups in total. The summed E-state index contributed by atoms with van der Waals surface area (Å²) in [6.07, 6.45) is -0.714. The number of amides is 2. The van der Waals surface area contributed by atoms with Crippen molar-refractivity contribution in [3.8, 4) is 0 Å². The molecule has 6 heteroatoms. The van der Waals surface area contributed by atoms with Crippen molar-refractivity contribution < 1.29 is 14.6 Å². The van der Waals surface area contributed by atoms with E-state index in [1.165, 1.54) is 12.0 Å². The van der Waals surface area contributed by atoms with Crippen LogP contribution >= 0.6 is 11.6 Å². The number of nitrogens with zero attached hydrogens (tertiary/aromatic N) is 1. The quantitative estimate of drug-likeness (QED) is 0.871. The lowest BCUT2D eigenvalue weighted by Gasteiger charge is -2.21. The maximum absolute atomic E-state index is 11.9. The van der Waals surface area contributed by atoms with Gasteiger partial charge >= 0.3 is 6.03 Å². The lowest BCUT2D eigenvalue weighted by Crippen LogP contribution is -2.38. The molecule has 5 nitrogen and oxygen atoms in total. The van der Waals surface area contributed by atoms with Crippen molar-refractivity contribution >= 4 is 23.3 Å². The number of carbonyl (C=O) groups is 1. The van der Waals surface area contributed by atoms with Crippen molar-refractivity contribution in [2.75, 3.05) is 32.6 Å². The first-order chi connectivity index (χ1) is 8.93. The summed E-state index contributed by atoms with van der Waals surface area (Å²) in [5.41, 5.74) is 1.57. The zero-order valence-corrected chi connectivity index (χ0v) is 12.1. The number of aryl methyl sites for hydroxylation is 1. The van der Waals surface area contributed by atoms with Gasteiger partial charge in [0.1, 0.15) is 0 Å². The van der Waals surface area contributed by atoms with Crippen LogP contribution in [0.4, 0.5) is 10.5 Å². The third kappa shape index (κ3) is 5.06. The Hall–Kier alpha value is -1.30. The summed E-state index contributed by atoms with van der Waals surface area (Å²) >= 11 is 6.03. The van der Waals surface area contributed by atoms with E-state index in [1.54, 1.807) is 19.2 Å². The Bertz CT molecular complexity index is 440. The molecule has 0 fully saturated rings. The molecule has 0 saturated heterocycles. The lowest BCUT2D eigenvalue weighted by atomic mass is 10.2. The van der Waals surface area contributed by atoms with Gasteiger partial charge in [-0.25, -0.2) is 4.79 Å². The number of hydrogen-bond acceptors (Lipinski definition) is 3. The van der Waals surface area contributed by atoms with E-state index in [0.29, 0.717) is 10.7 Å². The first-order valence-electron chi connectivity index (χ1n) is 5.89. The van der Waals surface area contributed by atoms with Crippen LogP contribution in [0.15, 0.2) is 18.2 Å². The van der Waals surface area contributed by atoms with E-state index < -0.39 is 6.10 Å². The third-order valence-electron chi connectivity index (χ3n) is 2.56. The monoisotopic (exact) mass is 286 g/mol. The fourth-order valence-electron chi connectivity index (χ4n) is 1.58. The highest BCUT2D eigenvalue weighted by molar-refractivity contribution is 6.33. The zero-order chi connectivity index (χ0) is 14.4. The van der Waals surface area contributed by atoms with E-state index in [9.17, 15) is 9.90 Å². The molecule has 0 aliphatic rings. The number of anilines is 1. The molecule has 0 heterocycles. The molecule has 19 heavy (non-hydrogen) atoms. The van der Waals surface area contributed by atoms with E-state index >= 15 is 0 Å². The minimum Gasteiger partial charge on any atom is -0.389 e. The summed E-state index contributed by atoms with van der Waals surface area (Å²) < 4.78 is 4.81. The molecule has 1 atom stereocenters. The Kier molecular flexibility index (Phi) is 6.08. The standard InChI is InChI=1S/C13H19ClN2O3/c1-9-4-5-12(11(14)6-9)15-13(18)16(2)7-10(17)8-19-3/h4-6,10,17H,7-8H2,1-3H3,(H,15,18).